The fourth-order valence-electron chi connectivity index (χ4n) is 3.62. The Morgan fingerprint density at radius 3 is 2.43 bits per heavy atom. The van der Waals surface area contributed by atoms with Crippen LogP contribution in [0.15, 0.2) is 91.3 Å². The molecule has 2 heterocycles. The molecule has 1 aliphatic rings. The van der Waals surface area contributed by atoms with E-state index < -0.39 is 0 Å². The van der Waals surface area contributed by atoms with Gasteiger partial charge in [-0.3, -0.25) is 14.6 Å². The number of aromatic nitrogens is 1. The summed E-state index contributed by atoms with van der Waals surface area (Å²) in [6, 6.07) is 24.0. The summed E-state index contributed by atoms with van der Waals surface area (Å²) in [4.78, 5) is 29.4. The number of hydrogen-bond acceptors (Lipinski definition) is 4. The van der Waals surface area contributed by atoms with Crippen molar-refractivity contribution in [3.8, 4) is 0 Å². The van der Waals surface area contributed by atoms with Crippen LogP contribution in [0.25, 0.3) is 16.5 Å². The number of rotatable bonds is 4. The summed E-state index contributed by atoms with van der Waals surface area (Å²) >= 11 is 0. The lowest BCUT2D eigenvalue weighted by atomic mass is 10.0. The van der Waals surface area contributed by atoms with E-state index in [1.807, 2.05) is 54.6 Å². The summed E-state index contributed by atoms with van der Waals surface area (Å²) in [7, 11) is 0. The van der Waals surface area contributed by atoms with Gasteiger partial charge in [0.1, 0.15) is 0 Å². The molecule has 0 fully saturated rings. The van der Waals surface area contributed by atoms with Gasteiger partial charge in [0.2, 0.25) is 0 Å². The second kappa shape index (κ2) is 7.29. The Morgan fingerprint density at radius 1 is 0.867 bits per heavy atom. The zero-order chi connectivity index (χ0) is 20.5. The molecule has 0 aliphatic carbocycles. The Bertz CT molecular complexity index is 1310. The highest BCUT2D eigenvalue weighted by atomic mass is 16.2. The summed E-state index contributed by atoms with van der Waals surface area (Å²) in [5, 5.41) is 6.99. The summed E-state index contributed by atoms with van der Waals surface area (Å²) in [5.74, 6) is -0.187. The predicted octanol–water partition coefficient (Wildman–Crippen LogP) is 4.87. The number of nitrogens with one attached hydrogen (secondary N) is 2. The van der Waals surface area contributed by atoms with Crippen LogP contribution >= 0.6 is 0 Å². The van der Waals surface area contributed by atoms with Crippen LogP contribution in [-0.2, 0) is 4.79 Å². The molecule has 0 saturated heterocycles. The van der Waals surface area contributed by atoms with Gasteiger partial charge in [-0.15, -0.1) is 0 Å². The van der Waals surface area contributed by atoms with E-state index in [-0.39, 0.29) is 11.7 Å². The largest absolute Gasteiger partial charge is 0.361 e. The van der Waals surface area contributed by atoms with Crippen LogP contribution in [0.5, 0.6) is 0 Å². The maximum atomic E-state index is 12.5. The molecule has 144 valence electrons. The minimum atomic E-state index is -0.162. The van der Waals surface area contributed by atoms with Gasteiger partial charge in [0, 0.05) is 45.8 Å². The van der Waals surface area contributed by atoms with Gasteiger partial charge in [0.15, 0.2) is 5.78 Å². The normalized spacial score (nSPS) is 13.9. The molecule has 0 saturated carbocycles. The van der Waals surface area contributed by atoms with Gasteiger partial charge >= 0.3 is 0 Å². The molecule has 2 N–H and O–H groups in total. The zero-order valence-corrected chi connectivity index (χ0v) is 15.9. The molecule has 5 heteroatoms. The maximum absolute atomic E-state index is 12.5. The lowest BCUT2D eigenvalue weighted by Gasteiger charge is -2.06. The Labute approximate surface area is 173 Å². The molecular weight excluding hydrogens is 374 g/mol. The molecule has 3 aromatic carbocycles. The lowest BCUT2D eigenvalue weighted by Crippen LogP contribution is -2.05. The van der Waals surface area contributed by atoms with Crippen LogP contribution in [0.2, 0.25) is 0 Å². The van der Waals surface area contributed by atoms with Crippen LogP contribution < -0.4 is 10.6 Å². The van der Waals surface area contributed by atoms with Gasteiger partial charge in [-0.25, -0.2) is 0 Å². The highest BCUT2D eigenvalue weighted by Crippen LogP contribution is 2.37. The Morgan fingerprint density at radius 2 is 1.63 bits per heavy atom. The third-order valence-corrected chi connectivity index (χ3v) is 5.11. The first-order valence-corrected chi connectivity index (χ1v) is 9.57. The smallest absolute Gasteiger partial charge is 0.257 e. The zero-order valence-electron chi connectivity index (χ0n) is 15.9. The van der Waals surface area contributed by atoms with Gasteiger partial charge in [0.25, 0.3) is 5.91 Å². The van der Waals surface area contributed by atoms with Gasteiger partial charge < -0.3 is 10.6 Å². The van der Waals surface area contributed by atoms with Crippen LogP contribution in [0.1, 0.15) is 21.5 Å². The van der Waals surface area contributed by atoms with E-state index in [0.29, 0.717) is 16.7 Å². The molecule has 0 unspecified atom stereocenters. The van der Waals surface area contributed by atoms with E-state index in [2.05, 4.69) is 15.6 Å². The van der Waals surface area contributed by atoms with Crippen molar-refractivity contribution < 1.29 is 9.59 Å². The highest BCUT2D eigenvalue weighted by molar-refractivity contribution is 6.34. The maximum Gasteiger partial charge on any atom is 0.257 e. The van der Waals surface area contributed by atoms with E-state index in [1.54, 1.807) is 36.7 Å². The van der Waals surface area contributed by atoms with Gasteiger partial charge in [-0.1, -0.05) is 36.4 Å². The highest BCUT2D eigenvalue weighted by Gasteiger charge is 2.26. The second-order valence-electron chi connectivity index (χ2n) is 6.99. The van der Waals surface area contributed by atoms with E-state index in [1.165, 1.54) is 0 Å². The fourth-order valence-corrected chi connectivity index (χ4v) is 3.62. The number of nitrogens with zero attached hydrogens (tertiary/aromatic N) is 1. The second-order valence-corrected chi connectivity index (χ2v) is 6.99. The molecule has 5 nitrogen and oxygen atoms in total. The number of anilines is 2. The third-order valence-electron chi connectivity index (χ3n) is 5.11. The van der Waals surface area contributed by atoms with E-state index in [4.69, 9.17) is 0 Å². The van der Waals surface area contributed by atoms with E-state index >= 15 is 0 Å². The standard InChI is InChI=1S/C25H17N3O2/c29-24(16-5-2-1-3-6-16)17-8-10-18(11-9-17)27-15-20-23-19-7-4-14-26-21(19)12-13-22(23)28-25(20)30/h1-15,27H,(H,28,30)/b20-15-. The average Bonchev–Trinajstić information content (AvgIpc) is 3.13. The summed E-state index contributed by atoms with van der Waals surface area (Å²) in [5.41, 5.74) is 5.05. The molecule has 1 aromatic heterocycles. The molecule has 4 aromatic rings. The summed E-state index contributed by atoms with van der Waals surface area (Å²) < 4.78 is 0. The first kappa shape index (κ1) is 17.8. The van der Waals surface area contributed by atoms with Gasteiger partial charge in [-0.2, -0.15) is 0 Å². The quantitative estimate of drug-likeness (QED) is 0.385. The number of pyridine rings is 1. The lowest BCUT2D eigenvalue weighted by molar-refractivity contribution is -0.110. The predicted molar refractivity (Wildman–Crippen MR) is 118 cm³/mol. The number of hydrogen-bond donors (Lipinski definition) is 2. The molecule has 0 spiro atoms. The van der Waals surface area contributed by atoms with Crippen LogP contribution in [0, 0.1) is 0 Å². The van der Waals surface area contributed by atoms with Gasteiger partial charge in [-0.05, 0) is 42.5 Å². The first-order valence-electron chi connectivity index (χ1n) is 9.57. The van der Waals surface area contributed by atoms with Crippen molar-refractivity contribution in [2.24, 2.45) is 0 Å². The van der Waals surface area contributed by atoms with Crippen molar-refractivity contribution >= 4 is 39.5 Å². The van der Waals surface area contributed by atoms with Gasteiger partial charge in [0.05, 0.1) is 11.1 Å². The number of amides is 1. The Kier molecular flexibility index (Phi) is 4.33. The van der Waals surface area contributed by atoms with Crippen LogP contribution in [0.4, 0.5) is 11.4 Å². The molecule has 0 atom stereocenters. The number of fused-ring (bicyclic) bond motifs is 3. The molecule has 30 heavy (non-hydrogen) atoms. The minimum absolute atomic E-state index is 0.0245. The van der Waals surface area contributed by atoms with Crippen molar-refractivity contribution in [1.82, 2.24) is 4.98 Å². The molecule has 5 rings (SSSR count). The number of benzene rings is 3. The molecule has 1 aliphatic heterocycles. The number of carbonyl (C=O) groups is 2. The van der Waals surface area contributed by atoms with Crippen LogP contribution in [0.3, 0.4) is 0 Å². The molecular formula is C25H17N3O2. The third kappa shape index (κ3) is 3.12. The van der Waals surface area contributed by atoms with Crippen LogP contribution in [-0.4, -0.2) is 16.7 Å². The van der Waals surface area contributed by atoms with Crippen molar-refractivity contribution in [2.45, 2.75) is 0 Å². The fraction of sp³-hybridized carbons (Fsp3) is 0. The van der Waals surface area contributed by atoms with Crippen molar-refractivity contribution in [3.05, 3.63) is 108 Å². The SMILES string of the molecule is O=C1Nc2ccc3ncccc3c2/C1=C/Nc1ccc(C(=O)c2ccccc2)cc1. The molecule has 0 bridgehead atoms. The first-order chi connectivity index (χ1) is 14.7. The number of ketones is 1. The topological polar surface area (TPSA) is 71.1 Å². The van der Waals surface area contributed by atoms with Crippen molar-refractivity contribution in [3.63, 3.8) is 0 Å². The summed E-state index contributed by atoms with van der Waals surface area (Å²) in [6.45, 7) is 0. The Hall–Kier alpha value is -4.25. The van der Waals surface area contributed by atoms with E-state index in [0.717, 1.165) is 27.8 Å². The monoisotopic (exact) mass is 391 g/mol. The van der Waals surface area contributed by atoms with Crippen molar-refractivity contribution in [1.29, 1.82) is 0 Å². The molecule has 1 amide bonds. The minimum Gasteiger partial charge on any atom is -0.361 e. The van der Waals surface area contributed by atoms with E-state index in [9.17, 15) is 9.59 Å². The molecule has 0 radical (unpaired) electrons. The average molecular weight is 391 g/mol. The Balaban J connectivity index is 1.42. The summed E-state index contributed by atoms with van der Waals surface area (Å²) in [6.07, 6.45) is 3.43. The number of carbonyl (C=O) groups excluding carboxylic acids is 2. The van der Waals surface area contributed by atoms with Crippen molar-refractivity contribution in [2.75, 3.05) is 10.6 Å².